The molecule has 2 aromatic carbocycles. The summed E-state index contributed by atoms with van der Waals surface area (Å²) in [4.78, 5) is 23.4. The number of amides is 1. The highest BCUT2D eigenvalue weighted by Gasteiger charge is 2.13. The lowest BCUT2D eigenvalue weighted by Gasteiger charge is -2.03. The Morgan fingerprint density at radius 3 is 2.69 bits per heavy atom. The van der Waals surface area contributed by atoms with E-state index in [2.05, 4.69) is 10.5 Å². The summed E-state index contributed by atoms with van der Waals surface area (Å²) in [5, 5.41) is 13.8. The number of aromatic carboxylic acids is 1. The number of nitrogens with one attached hydrogen (secondary N) is 1. The lowest BCUT2D eigenvalue weighted by molar-refractivity contribution is 0.0696. The molecular formula is C24H20N2O6. The molecule has 0 spiro atoms. The van der Waals surface area contributed by atoms with Gasteiger partial charge < -0.3 is 18.7 Å². The van der Waals surface area contributed by atoms with Crippen LogP contribution < -0.4 is 10.2 Å². The molecule has 2 aromatic heterocycles. The minimum atomic E-state index is -0.984. The summed E-state index contributed by atoms with van der Waals surface area (Å²) in [6.45, 7) is 4.25. The highest BCUT2D eigenvalue weighted by Crippen LogP contribution is 2.26. The summed E-state index contributed by atoms with van der Waals surface area (Å²) in [7, 11) is 0. The number of nitrogens with zero attached hydrogens (tertiary/aromatic N) is 1. The standard InChI is InChI=1S/C24H20N2O6/c1-3-30-17-5-8-20-16(11-17)12-22(32-20)23(27)26-25-13-18-6-9-21(31-18)19-7-4-15(24(28)29)10-14(19)2/h4-13H,3H2,1-2H3,(H,26,27)(H,28,29)/b25-13+. The van der Waals surface area contributed by atoms with Gasteiger partial charge in [-0.2, -0.15) is 5.10 Å². The van der Waals surface area contributed by atoms with Crippen LogP contribution in [0.25, 0.3) is 22.3 Å². The predicted molar refractivity (Wildman–Crippen MR) is 118 cm³/mol. The van der Waals surface area contributed by atoms with E-state index in [9.17, 15) is 9.59 Å². The van der Waals surface area contributed by atoms with Gasteiger partial charge in [-0.15, -0.1) is 0 Å². The third-order valence-corrected chi connectivity index (χ3v) is 4.75. The Hall–Kier alpha value is -4.33. The molecule has 8 nitrogen and oxygen atoms in total. The summed E-state index contributed by atoms with van der Waals surface area (Å²) >= 11 is 0. The number of benzene rings is 2. The van der Waals surface area contributed by atoms with Gasteiger partial charge in [-0.05, 0) is 67.9 Å². The van der Waals surface area contributed by atoms with Crippen LogP contribution in [0.5, 0.6) is 5.75 Å². The van der Waals surface area contributed by atoms with Gasteiger partial charge in [0.2, 0.25) is 0 Å². The van der Waals surface area contributed by atoms with Crippen molar-refractivity contribution in [3.8, 4) is 17.1 Å². The van der Waals surface area contributed by atoms with Crippen LogP contribution in [0.1, 0.15) is 39.2 Å². The average Bonchev–Trinajstić information content (AvgIpc) is 3.40. The van der Waals surface area contributed by atoms with E-state index >= 15 is 0 Å². The van der Waals surface area contributed by atoms with E-state index in [-0.39, 0.29) is 11.3 Å². The molecule has 0 aliphatic carbocycles. The minimum absolute atomic E-state index is 0.125. The average molecular weight is 432 g/mol. The molecule has 2 heterocycles. The number of rotatable bonds is 7. The van der Waals surface area contributed by atoms with Crippen LogP contribution in [0.15, 0.2) is 68.5 Å². The van der Waals surface area contributed by atoms with Crippen molar-refractivity contribution >= 4 is 29.1 Å². The number of carboxylic acids is 1. The lowest BCUT2D eigenvalue weighted by Crippen LogP contribution is -2.16. The highest BCUT2D eigenvalue weighted by atomic mass is 16.5. The lowest BCUT2D eigenvalue weighted by atomic mass is 10.0. The monoisotopic (exact) mass is 432 g/mol. The topological polar surface area (TPSA) is 114 Å². The van der Waals surface area contributed by atoms with E-state index < -0.39 is 11.9 Å². The van der Waals surface area contributed by atoms with Gasteiger partial charge in [0.15, 0.2) is 5.76 Å². The zero-order valence-corrected chi connectivity index (χ0v) is 17.4. The van der Waals surface area contributed by atoms with Crippen LogP contribution in [0, 0.1) is 6.92 Å². The van der Waals surface area contributed by atoms with Gasteiger partial charge in [0.05, 0.1) is 18.4 Å². The number of ether oxygens (including phenoxy) is 1. The third kappa shape index (κ3) is 4.39. The van der Waals surface area contributed by atoms with Gasteiger partial charge >= 0.3 is 11.9 Å². The summed E-state index contributed by atoms with van der Waals surface area (Å²) in [5.74, 6) is 0.332. The SMILES string of the molecule is CCOc1ccc2oc(C(=O)N/N=C/c3ccc(-c4ccc(C(=O)O)cc4C)o3)cc2c1. The normalized spacial score (nSPS) is 11.2. The Balaban J connectivity index is 1.43. The number of carbonyl (C=O) groups is 2. The van der Waals surface area contributed by atoms with Crippen LogP contribution in [0.2, 0.25) is 0 Å². The van der Waals surface area contributed by atoms with Crippen LogP contribution in [-0.2, 0) is 0 Å². The van der Waals surface area contributed by atoms with E-state index in [0.717, 1.165) is 16.5 Å². The second-order valence-corrected chi connectivity index (χ2v) is 6.98. The Bertz CT molecular complexity index is 1330. The molecule has 0 radical (unpaired) electrons. The molecule has 0 saturated carbocycles. The second-order valence-electron chi connectivity index (χ2n) is 6.98. The van der Waals surface area contributed by atoms with Crippen molar-refractivity contribution in [1.29, 1.82) is 0 Å². The van der Waals surface area contributed by atoms with E-state index in [0.29, 0.717) is 29.5 Å². The van der Waals surface area contributed by atoms with Crippen molar-refractivity contribution in [2.24, 2.45) is 5.10 Å². The molecule has 0 atom stereocenters. The van der Waals surface area contributed by atoms with Crippen LogP contribution in [0.3, 0.4) is 0 Å². The minimum Gasteiger partial charge on any atom is -0.494 e. The number of furan rings is 2. The van der Waals surface area contributed by atoms with Crippen molar-refractivity contribution in [2.75, 3.05) is 6.61 Å². The van der Waals surface area contributed by atoms with Crippen LogP contribution >= 0.6 is 0 Å². The van der Waals surface area contributed by atoms with E-state index in [4.69, 9.17) is 18.7 Å². The number of carboxylic acid groups (broad SMARTS) is 1. The summed E-state index contributed by atoms with van der Waals surface area (Å²) in [6.07, 6.45) is 1.37. The maximum atomic E-state index is 12.3. The number of carbonyl (C=O) groups excluding carboxylic acids is 1. The first-order chi connectivity index (χ1) is 15.4. The molecule has 4 aromatic rings. The second kappa shape index (κ2) is 8.81. The summed E-state index contributed by atoms with van der Waals surface area (Å²) in [6, 6.07) is 15.2. The van der Waals surface area contributed by atoms with Crippen molar-refractivity contribution in [2.45, 2.75) is 13.8 Å². The molecule has 0 fully saturated rings. The molecule has 1 amide bonds. The molecule has 32 heavy (non-hydrogen) atoms. The first-order valence-electron chi connectivity index (χ1n) is 9.88. The molecule has 162 valence electrons. The zero-order valence-electron chi connectivity index (χ0n) is 17.4. The first-order valence-corrected chi connectivity index (χ1v) is 9.88. The Morgan fingerprint density at radius 1 is 1.09 bits per heavy atom. The van der Waals surface area contributed by atoms with Crippen molar-refractivity contribution in [3.63, 3.8) is 0 Å². The zero-order chi connectivity index (χ0) is 22.7. The molecular weight excluding hydrogens is 412 g/mol. The number of hydrogen-bond acceptors (Lipinski definition) is 6. The van der Waals surface area contributed by atoms with Gasteiger partial charge in [0.25, 0.3) is 0 Å². The Labute approximate surface area is 183 Å². The summed E-state index contributed by atoms with van der Waals surface area (Å²) in [5.41, 5.74) is 4.73. The van der Waals surface area contributed by atoms with E-state index in [1.165, 1.54) is 12.3 Å². The Kier molecular flexibility index (Phi) is 5.76. The molecule has 4 rings (SSSR count). The quantitative estimate of drug-likeness (QED) is 0.318. The molecule has 0 unspecified atom stereocenters. The van der Waals surface area contributed by atoms with Gasteiger partial charge in [0.1, 0.15) is 22.9 Å². The number of aryl methyl sites for hydroxylation is 1. The maximum absolute atomic E-state index is 12.3. The fraction of sp³-hybridized carbons (Fsp3) is 0.125. The van der Waals surface area contributed by atoms with Crippen molar-refractivity contribution in [3.05, 3.63) is 77.2 Å². The van der Waals surface area contributed by atoms with Crippen molar-refractivity contribution in [1.82, 2.24) is 5.43 Å². The van der Waals surface area contributed by atoms with Gasteiger partial charge in [-0.25, -0.2) is 10.2 Å². The molecule has 0 aliphatic heterocycles. The number of hydrazone groups is 1. The van der Waals surface area contributed by atoms with Gasteiger partial charge in [0, 0.05) is 10.9 Å². The third-order valence-electron chi connectivity index (χ3n) is 4.75. The van der Waals surface area contributed by atoms with Crippen LogP contribution in [-0.4, -0.2) is 29.8 Å². The molecule has 2 N–H and O–H groups in total. The van der Waals surface area contributed by atoms with Gasteiger partial charge in [-0.1, -0.05) is 6.07 Å². The van der Waals surface area contributed by atoms with E-state index in [1.54, 1.807) is 48.5 Å². The fourth-order valence-electron chi connectivity index (χ4n) is 3.24. The summed E-state index contributed by atoms with van der Waals surface area (Å²) < 4.78 is 16.8. The molecule has 0 aliphatic rings. The molecule has 0 bridgehead atoms. The number of fused-ring (bicyclic) bond motifs is 1. The van der Waals surface area contributed by atoms with Crippen LogP contribution in [0.4, 0.5) is 0 Å². The largest absolute Gasteiger partial charge is 0.494 e. The predicted octanol–water partition coefficient (Wildman–Crippen LogP) is 4.86. The number of hydrogen-bond donors (Lipinski definition) is 2. The Morgan fingerprint density at radius 2 is 1.94 bits per heavy atom. The fourth-order valence-corrected chi connectivity index (χ4v) is 3.24. The smallest absolute Gasteiger partial charge is 0.335 e. The molecule has 0 saturated heterocycles. The highest BCUT2D eigenvalue weighted by molar-refractivity contribution is 5.96. The van der Waals surface area contributed by atoms with E-state index in [1.807, 2.05) is 13.8 Å². The molecule has 8 heteroatoms. The van der Waals surface area contributed by atoms with Gasteiger partial charge in [-0.3, -0.25) is 4.79 Å². The first kappa shape index (κ1) is 20.9. The maximum Gasteiger partial charge on any atom is 0.335 e. The van der Waals surface area contributed by atoms with Crippen molar-refractivity contribution < 1.29 is 28.3 Å².